The maximum atomic E-state index is 10.4. The fourth-order valence-electron chi connectivity index (χ4n) is 0.338. The zero-order chi connectivity index (χ0) is 9.72. The lowest BCUT2D eigenvalue weighted by Crippen LogP contribution is -2.36. The van der Waals surface area contributed by atoms with Crippen molar-refractivity contribution in [3.05, 3.63) is 0 Å². The monoisotopic (exact) mass is 175 g/mol. The van der Waals surface area contributed by atoms with Crippen molar-refractivity contribution in [1.29, 1.82) is 0 Å². The Labute approximate surface area is 68.3 Å². The van der Waals surface area contributed by atoms with E-state index in [-0.39, 0.29) is 0 Å². The average molecular weight is 175 g/mol. The van der Waals surface area contributed by atoms with E-state index in [1.165, 1.54) is 0 Å². The third-order valence-corrected chi connectivity index (χ3v) is 0.999. The molecule has 0 saturated heterocycles. The molecule has 3 N–H and O–H groups in total. The van der Waals surface area contributed by atoms with Gasteiger partial charge in [0.1, 0.15) is 12.6 Å². The maximum absolute atomic E-state index is 10.4. The van der Waals surface area contributed by atoms with Crippen molar-refractivity contribution < 1.29 is 24.2 Å². The van der Waals surface area contributed by atoms with Gasteiger partial charge < -0.3 is 15.6 Å². The van der Waals surface area contributed by atoms with Crippen LogP contribution in [-0.2, 0) is 19.1 Å². The zero-order valence-corrected chi connectivity index (χ0v) is 6.44. The lowest BCUT2D eigenvalue weighted by Gasteiger charge is -2.05. The quantitative estimate of drug-likeness (QED) is 0.399. The number of hydrogen-bond acceptors (Lipinski definition) is 5. The summed E-state index contributed by atoms with van der Waals surface area (Å²) in [6, 6.07) is -1.28. The Morgan fingerprint density at radius 3 is 2.33 bits per heavy atom. The van der Waals surface area contributed by atoms with Crippen LogP contribution in [0.25, 0.3) is 0 Å². The summed E-state index contributed by atoms with van der Waals surface area (Å²) in [6.07, 6.45) is 0. The van der Waals surface area contributed by atoms with Gasteiger partial charge in [-0.15, -0.1) is 0 Å². The standard InChI is InChI=1S/C6H9NO5/c1-3(8)6(11)12-2-4(7)5(9)10/h4H,2,7H2,1H3,(H,9,10). The summed E-state index contributed by atoms with van der Waals surface area (Å²) < 4.78 is 4.23. The molecule has 0 aliphatic heterocycles. The molecule has 0 saturated carbocycles. The van der Waals surface area contributed by atoms with Gasteiger partial charge in [0, 0.05) is 6.92 Å². The molecule has 0 radical (unpaired) electrons. The van der Waals surface area contributed by atoms with Gasteiger partial charge in [-0.1, -0.05) is 0 Å². The SMILES string of the molecule is CC(=O)C(=O)OCC(N)C(=O)O. The zero-order valence-electron chi connectivity index (χ0n) is 6.44. The Balaban J connectivity index is 3.76. The molecule has 0 aromatic heterocycles. The molecule has 0 bridgehead atoms. The summed E-state index contributed by atoms with van der Waals surface area (Å²) in [7, 11) is 0. The van der Waals surface area contributed by atoms with E-state index in [0.717, 1.165) is 6.92 Å². The van der Waals surface area contributed by atoms with Gasteiger partial charge in [-0.25, -0.2) is 4.79 Å². The fourth-order valence-corrected chi connectivity index (χ4v) is 0.338. The van der Waals surface area contributed by atoms with E-state index in [4.69, 9.17) is 10.8 Å². The topological polar surface area (TPSA) is 107 Å². The van der Waals surface area contributed by atoms with Gasteiger partial charge in [0.05, 0.1) is 0 Å². The molecular formula is C6H9NO5. The number of ether oxygens (including phenoxy) is 1. The molecule has 0 fully saturated rings. The lowest BCUT2D eigenvalue weighted by atomic mass is 10.3. The second-order valence-electron chi connectivity index (χ2n) is 2.10. The van der Waals surface area contributed by atoms with Crippen molar-refractivity contribution in [2.45, 2.75) is 13.0 Å². The Hall–Kier alpha value is -1.43. The van der Waals surface area contributed by atoms with Crippen molar-refractivity contribution in [3.8, 4) is 0 Å². The Morgan fingerprint density at radius 2 is 2.00 bits per heavy atom. The molecule has 0 spiro atoms. The molecule has 0 aromatic carbocycles. The van der Waals surface area contributed by atoms with Crippen molar-refractivity contribution in [2.24, 2.45) is 5.73 Å². The van der Waals surface area contributed by atoms with Gasteiger partial charge >= 0.3 is 11.9 Å². The number of carbonyl (C=O) groups is 3. The normalized spacial score (nSPS) is 11.8. The summed E-state index contributed by atoms with van der Waals surface area (Å²) in [5, 5.41) is 8.23. The molecule has 0 aliphatic rings. The predicted octanol–water partition coefficient (Wildman–Crippen LogP) is -1.47. The van der Waals surface area contributed by atoms with Crippen LogP contribution in [0.1, 0.15) is 6.92 Å². The first kappa shape index (κ1) is 10.6. The highest BCUT2D eigenvalue weighted by Gasteiger charge is 2.16. The van der Waals surface area contributed by atoms with E-state index in [1.54, 1.807) is 0 Å². The van der Waals surface area contributed by atoms with E-state index in [9.17, 15) is 14.4 Å². The minimum Gasteiger partial charge on any atom is -0.480 e. The van der Waals surface area contributed by atoms with Crippen molar-refractivity contribution in [3.63, 3.8) is 0 Å². The molecule has 0 rings (SSSR count). The molecule has 1 atom stereocenters. The van der Waals surface area contributed by atoms with E-state index in [2.05, 4.69) is 4.74 Å². The molecule has 0 aliphatic carbocycles. The van der Waals surface area contributed by atoms with Gasteiger partial charge in [-0.3, -0.25) is 9.59 Å². The van der Waals surface area contributed by atoms with Crippen LogP contribution in [0.5, 0.6) is 0 Å². The summed E-state index contributed by atoms with van der Waals surface area (Å²) >= 11 is 0. The van der Waals surface area contributed by atoms with Crippen LogP contribution in [0.3, 0.4) is 0 Å². The van der Waals surface area contributed by atoms with Crippen LogP contribution in [-0.4, -0.2) is 35.5 Å². The number of carbonyl (C=O) groups excluding carboxylic acids is 2. The van der Waals surface area contributed by atoms with Crippen LogP contribution in [0.4, 0.5) is 0 Å². The number of ketones is 1. The number of esters is 1. The summed E-state index contributed by atoms with van der Waals surface area (Å²) in [6.45, 7) is 0.530. The van der Waals surface area contributed by atoms with E-state index in [0.29, 0.717) is 0 Å². The number of nitrogens with two attached hydrogens (primary N) is 1. The van der Waals surface area contributed by atoms with Crippen LogP contribution in [0.15, 0.2) is 0 Å². The number of rotatable bonds is 4. The second-order valence-corrected chi connectivity index (χ2v) is 2.10. The minimum absolute atomic E-state index is 0.492. The smallest absolute Gasteiger partial charge is 0.374 e. The van der Waals surface area contributed by atoms with Crippen molar-refractivity contribution in [2.75, 3.05) is 6.61 Å². The van der Waals surface area contributed by atoms with E-state index >= 15 is 0 Å². The second kappa shape index (κ2) is 4.45. The van der Waals surface area contributed by atoms with Gasteiger partial charge in [0.15, 0.2) is 0 Å². The highest BCUT2D eigenvalue weighted by atomic mass is 16.5. The lowest BCUT2D eigenvalue weighted by molar-refractivity contribution is -0.155. The Morgan fingerprint density at radius 1 is 1.50 bits per heavy atom. The highest BCUT2D eigenvalue weighted by molar-refractivity contribution is 6.32. The Bertz CT molecular complexity index is 212. The van der Waals surface area contributed by atoms with Gasteiger partial charge in [0.25, 0.3) is 0 Å². The van der Waals surface area contributed by atoms with Crippen molar-refractivity contribution >= 4 is 17.7 Å². The van der Waals surface area contributed by atoms with Crippen LogP contribution in [0.2, 0.25) is 0 Å². The molecule has 6 nitrogen and oxygen atoms in total. The first-order valence-electron chi connectivity index (χ1n) is 3.11. The number of carboxylic acid groups (broad SMARTS) is 1. The van der Waals surface area contributed by atoms with E-state index in [1.807, 2.05) is 0 Å². The predicted molar refractivity (Wildman–Crippen MR) is 37.3 cm³/mol. The third-order valence-electron chi connectivity index (χ3n) is 0.999. The van der Waals surface area contributed by atoms with Crippen molar-refractivity contribution in [1.82, 2.24) is 0 Å². The number of aliphatic carboxylic acids is 1. The summed E-state index contributed by atoms with van der Waals surface area (Å²) in [5.41, 5.74) is 4.98. The average Bonchev–Trinajstić information content (AvgIpc) is 1.98. The molecule has 1 unspecified atom stereocenters. The fraction of sp³-hybridized carbons (Fsp3) is 0.500. The maximum Gasteiger partial charge on any atom is 0.374 e. The molecule has 0 amide bonds. The molecule has 12 heavy (non-hydrogen) atoms. The molecule has 68 valence electrons. The molecule has 0 aromatic rings. The molecule has 0 heterocycles. The first-order chi connectivity index (χ1) is 5.45. The van der Waals surface area contributed by atoms with Crippen LogP contribution < -0.4 is 5.73 Å². The van der Waals surface area contributed by atoms with E-state index < -0.39 is 30.4 Å². The van der Waals surface area contributed by atoms with Crippen LogP contribution in [0, 0.1) is 0 Å². The summed E-state index contributed by atoms with van der Waals surface area (Å²) in [4.78, 5) is 30.8. The van der Waals surface area contributed by atoms with Gasteiger partial charge in [-0.05, 0) is 0 Å². The number of Topliss-reactive ketones (excluding diaryl/α,β-unsaturated/α-hetero) is 1. The Kier molecular flexibility index (Phi) is 3.92. The number of hydrogen-bond donors (Lipinski definition) is 2. The molecular weight excluding hydrogens is 166 g/mol. The van der Waals surface area contributed by atoms with Gasteiger partial charge in [-0.2, -0.15) is 0 Å². The minimum atomic E-state index is -1.29. The third kappa shape index (κ3) is 3.67. The largest absolute Gasteiger partial charge is 0.480 e. The highest BCUT2D eigenvalue weighted by Crippen LogP contribution is 1.84. The van der Waals surface area contributed by atoms with Crippen LogP contribution >= 0.6 is 0 Å². The first-order valence-corrected chi connectivity index (χ1v) is 3.11. The summed E-state index contributed by atoms with van der Waals surface area (Å²) in [5.74, 6) is -3.15. The molecule has 6 heteroatoms. The number of carboxylic acids is 1. The van der Waals surface area contributed by atoms with Gasteiger partial charge in [0.2, 0.25) is 5.78 Å².